The van der Waals surface area contributed by atoms with Crippen molar-refractivity contribution in [2.45, 2.75) is 32.3 Å². The molecule has 0 radical (unpaired) electrons. The van der Waals surface area contributed by atoms with Crippen molar-refractivity contribution in [1.82, 2.24) is 4.90 Å². The number of nitrogens with two attached hydrogens (primary N) is 1. The number of piperidine rings is 1. The van der Waals surface area contributed by atoms with Crippen molar-refractivity contribution >= 4 is 11.8 Å². The fourth-order valence-electron chi connectivity index (χ4n) is 3.87. The Morgan fingerprint density at radius 1 is 1.28 bits per heavy atom. The lowest BCUT2D eigenvalue weighted by atomic mass is 9.84. The van der Waals surface area contributed by atoms with Gasteiger partial charge in [-0.3, -0.25) is 9.59 Å². The number of aryl methyl sites for hydroxylation is 1. The number of hydrogen-bond acceptors (Lipinski definition) is 4. The third kappa shape index (κ3) is 3.52. The van der Waals surface area contributed by atoms with E-state index in [4.69, 9.17) is 15.7 Å². The van der Waals surface area contributed by atoms with Crippen LogP contribution in [0.4, 0.5) is 0 Å². The standard InChI is InChI=1S/C19H23N3O3/c1-12-2-3-14(10-15(12)11-20)19(24)22-7-4-13(5-8-22)17-16(18(21)23)6-9-25-17/h2-3,10,13,16-17H,4-9H2,1H3,(H2,21,23)/t16-,17+/m0/s1. The molecule has 3 rings (SSSR count). The number of carbonyl (C=O) groups excluding carboxylic acids is 2. The summed E-state index contributed by atoms with van der Waals surface area (Å²) in [7, 11) is 0. The van der Waals surface area contributed by atoms with Crippen molar-refractivity contribution in [3.8, 4) is 6.07 Å². The van der Waals surface area contributed by atoms with Crippen LogP contribution in [0.25, 0.3) is 0 Å². The van der Waals surface area contributed by atoms with E-state index in [1.807, 2.05) is 17.9 Å². The van der Waals surface area contributed by atoms with Crippen LogP contribution < -0.4 is 5.73 Å². The van der Waals surface area contributed by atoms with Crippen LogP contribution in [0.1, 0.15) is 40.7 Å². The second kappa shape index (κ2) is 7.24. The molecule has 2 amide bonds. The molecule has 0 aliphatic carbocycles. The summed E-state index contributed by atoms with van der Waals surface area (Å²) in [6, 6.07) is 7.36. The van der Waals surface area contributed by atoms with Crippen LogP contribution in [-0.4, -0.2) is 42.5 Å². The number of nitrogens with zero attached hydrogens (tertiary/aromatic N) is 2. The number of ether oxygens (including phenoxy) is 1. The lowest BCUT2D eigenvalue weighted by Gasteiger charge is -2.35. The molecule has 132 valence electrons. The van der Waals surface area contributed by atoms with Gasteiger partial charge in [-0.15, -0.1) is 0 Å². The van der Waals surface area contributed by atoms with Crippen molar-refractivity contribution in [3.05, 3.63) is 34.9 Å². The van der Waals surface area contributed by atoms with Crippen LogP contribution >= 0.6 is 0 Å². The zero-order chi connectivity index (χ0) is 18.0. The van der Waals surface area contributed by atoms with Crippen molar-refractivity contribution in [2.24, 2.45) is 17.6 Å². The summed E-state index contributed by atoms with van der Waals surface area (Å²) in [6.07, 6.45) is 2.19. The van der Waals surface area contributed by atoms with E-state index < -0.39 is 0 Å². The number of rotatable bonds is 3. The summed E-state index contributed by atoms with van der Waals surface area (Å²) in [4.78, 5) is 26.1. The maximum absolute atomic E-state index is 12.7. The quantitative estimate of drug-likeness (QED) is 0.903. The van der Waals surface area contributed by atoms with E-state index in [2.05, 4.69) is 6.07 Å². The van der Waals surface area contributed by atoms with Gasteiger partial charge < -0.3 is 15.4 Å². The van der Waals surface area contributed by atoms with E-state index in [0.717, 1.165) is 18.4 Å². The molecule has 6 nitrogen and oxygen atoms in total. The van der Waals surface area contributed by atoms with Gasteiger partial charge in [0.2, 0.25) is 5.91 Å². The number of carbonyl (C=O) groups is 2. The van der Waals surface area contributed by atoms with Gasteiger partial charge in [-0.05, 0) is 49.8 Å². The average Bonchev–Trinajstić information content (AvgIpc) is 3.12. The summed E-state index contributed by atoms with van der Waals surface area (Å²) in [6.45, 7) is 3.70. The van der Waals surface area contributed by atoms with E-state index >= 15 is 0 Å². The minimum atomic E-state index is -0.287. The minimum absolute atomic E-state index is 0.0475. The predicted molar refractivity (Wildman–Crippen MR) is 91.6 cm³/mol. The molecule has 0 unspecified atom stereocenters. The van der Waals surface area contributed by atoms with Gasteiger partial charge in [-0.2, -0.15) is 5.26 Å². The Morgan fingerprint density at radius 2 is 2.00 bits per heavy atom. The number of primary amides is 1. The third-order valence-electron chi connectivity index (χ3n) is 5.40. The zero-order valence-electron chi connectivity index (χ0n) is 14.4. The number of hydrogen-bond donors (Lipinski definition) is 1. The van der Waals surface area contributed by atoms with Gasteiger partial charge in [0, 0.05) is 25.3 Å². The first-order valence-corrected chi connectivity index (χ1v) is 8.72. The van der Waals surface area contributed by atoms with Gasteiger partial charge in [-0.1, -0.05) is 6.07 Å². The van der Waals surface area contributed by atoms with Crippen LogP contribution in [0.15, 0.2) is 18.2 Å². The Morgan fingerprint density at radius 3 is 2.64 bits per heavy atom. The van der Waals surface area contributed by atoms with Crippen LogP contribution in [0, 0.1) is 30.1 Å². The highest BCUT2D eigenvalue weighted by molar-refractivity contribution is 5.94. The molecule has 1 aromatic rings. The molecule has 0 saturated carbocycles. The van der Waals surface area contributed by atoms with Gasteiger partial charge >= 0.3 is 0 Å². The monoisotopic (exact) mass is 341 g/mol. The molecular formula is C19H23N3O3. The highest BCUT2D eigenvalue weighted by Gasteiger charge is 2.39. The fraction of sp³-hybridized carbons (Fsp3) is 0.526. The summed E-state index contributed by atoms with van der Waals surface area (Å²) >= 11 is 0. The summed E-state index contributed by atoms with van der Waals surface area (Å²) in [5, 5.41) is 9.13. The second-order valence-corrected chi connectivity index (χ2v) is 6.90. The molecule has 2 fully saturated rings. The van der Waals surface area contributed by atoms with Gasteiger partial charge in [0.15, 0.2) is 0 Å². The largest absolute Gasteiger partial charge is 0.377 e. The molecule has 2 aliphatic rings. The van der Waals surface area contributed by atoms with Crippen LogP contribution in [-0.2, 0) is 9.53 Å². The van der Waals surface area contributed by atoms with Gasteiger partial charge in [0.25, 0.3) is 5.91 Å². The van der Waals surface area contributed by atoms with Crippen LogP contribution in [0.5, 0.6) is 0 Å². The molecule has 0 aromatic heterocycles. The Balaban J connectivity index is 1.63. The SMILES string of the molecule is Cc1ccc(C(=O)N2CCC([C@H]3OCC[C@@H]3C(N)=O)CC2)cc1C#N. The summed E-state index contributed by atoms with van der Waals surface area (Å²) < 4.78 is 5.75. The van der Waals surface area contributed by atoms with E-state index in [0.29, 0.717) is 37.2 Å². The Labute approximate surface area is 147 Å². The van der Waals surface area contributed by atoms with E-state index in [1.165, 1.54) is 0 Å². The molecule has 2 atom stereocenters. The number of amides is 2. The molecule has 6 heteroatoms. The third-order valence-corrected chi connectivity index (χ3v) is 5.40. The van der Waals surface area contributed by atoms with Crippen LogP contribution in [0.3, 0.4) is 0 Å². The molecule has 1 aromatic carbocycles. The van der Waals surface area contributed by atoms with Crippen molar-refractivity contribution in [2.75, 3.05) is 19.7 Å². The smallest absolute Gasteiger partial charge is 0.253 e. The normalized spacial score (nSPS) is 24.1. The average molecular weight is 341 g/mol. The molecule has 2 saturated heterocycles. The first-order chi connectivity index (χ1) is 12.0. The number of likely N-dealkylation sites (tertiary alicyclic amines) is 1. The fourth-order valence-corrected chi connectivity index (χ4v) is 3.87. The van der Waals surface area contributed by atoms with Gasteiger partial charge in [-0.25, -0.2) is 0 Å². The first kappa shape index (κ1) is 17.4. The lowest BCUT2D eigenvalue weighted by molar-refractivity contribution is -0.124. The van der Waals surface area contributed by atoms with E-state index in [1.54, 1.807) is 12.1 Å². The molecule has 0 bridgehead atoms. The van der Waals surface area contributed by atoms with Gasteiger partial charge in [0.1, 0.15) is 0 Å². The lowest BCUT2D eigenvalue weighted by Crippen LogP contribution is -2.44. The zero-order valence-corrected chi connectivity index (χ0v) is 14.4. The van der Waals surface area contributed by atoms with Crippen molar-refractivity contribution in [3.63, 3.8) is 0 Å². The van der Waals surface area contributed by atoms with Crippen LogP contribution in [0.2, 0.25) is 0 Å². The highest BCUT2D eigenvalue weighted by Crippen LogP contribution is 2.33. The van der Waals surface area contributed by atoms with E-state index in [9.17, 15) is 9.59 Å². The molecule has 2 aliphatic heterocycles. The molecular weight excluding hydrogens is 318 g/mol. The maximum atomic E-state index is 12.7. The minimum Gasteiger partial charge on any atom is -0.377 e. The molecule has 2 heterocycles. The Hall–Kier alpha value is -2.39. The Bertz CT molecular complexity index is 717. The van der Waals surface area contributed by atoms with Crippen molar-refractivity contribution < 1.29 is 14.3 Å². The summed E-state index contributed by atoms with van der Waals surface area (Å²) in [5.74, 6) is -0.280. The first-order valence-electron chi connectivity index (χ1n) is 8.72. The highest BCUT2D eigenvalue weighted by atomic mass is 16.5. The number of benzene rings is 1. The maximum Gasteiger partial charge on any atom is 0.253 e. The van der Waals surface area contributed by atoms with Crippen molar-refractivity contribution in [1.29, 1.82) is 5.26 Å². The number of nitriles is 1. The topological polar surface area (TPSA) is 96.4 Å². The molecule has 2 N–H and O–H groups in total. The Kier molecular flexibility index (Phi) is 5.05. The van der Waals surface area contributed by atoms with E-state index in [-0.39, 0.29) is 29.8 Å². The van der Waals surface area contributed by atoms with Gasteiger partial charge in [0.05, 0.1) is 23.7 Å². The second-order valence-electron chi connectivity index (χ2n) is 6.90. The molecule has 25 heavy (non-hydrogen) atoms. The molecule has 0 spiro atoms. The summed E-state index contributed by atoms with van der Waals surface area (Å²) in [5.41, 5.74) is 7.43. The predicted octanol–water partition coefficient (Wildman–Crippen LogP) is 1.61.